The van der Waals surface area contributed by atoms with Crippen molar-refractivity contribution < 1.29 is 14.7 Å². The highest BCUT2D eigenvalue weighted by Crippen LogP contribution is 2.23. The Morgan fingerprint density at radius 1 is 1.28 bits per heavy atom. The number of hydrogen-bond donors (Lipinski definition) is 1. The molecular formula is C13H24N2O3. The molecule has 0 atom stereocenters. The van der Waals surface area contributed by atoms with Gasteiger partial charge in [0.15, 0.2) is 0 Å². The molecule has 1 saturated carbocycles. The molecule has 0 spiro atoms. The van der Waals surface area contributed by atoms with Gasteiger partial charge >= 0.3 is 12.0 Å². The van der Waals surface area contributed by atoms with Crippen LogP contribution in [0, 0.1) is 5.92 Å². The molecule has 1 rings (SSSR count). The van der Waals surface area contributed by atoms with Gasteiger partial charge in [0.2, 0.25) is 0 Å². The van der Waals surface area contributed by atoms with Gasteiger partial charge in [-0.15, -0.1) is 0 Å². The third-order valence-electron chi connectivity index (χ3n) is 3.36. The largest absolute Gasteiger partial charge is 0.480 e. The van der Waals surface area contributed by atoms with Gasteiger partial charge in [0.1, 0.15) is 6.54 Å². The van der Waals surface area contributed by atoms with Crippen LogP contribution in [0.4, 0.5) is 4.79 Å². The maximum atomic E-state index is 12.3. The summed E-state index contributed by atoms with van der Waals surface area (Å²) in [6.07, 6.45) is 4.38. The number of carbonyl (C=O) groups is 2. The van der Waals surface area contributed by atoms with E-state index in [1.165, 1.54) is 4.90 Å². The fourth-order valence-electron chi connectivity index (χ4n) is 2.49. The van der Waals surface area contributed by atoms with Gasteiger partial charge in [-0.3, -0.25) is 4.79 Å². The number of nitrogens with zero attached hydrogens (tertiary/aromatic N) is 2. The molecule has 104 valence electrons. The maximum Gasteiger partial charge on any atom is 0.323 e. The molecule has 5 nitrogen and oxygen atoms in total. The van der Waals surface area contributed by atoms with E-state index in [-0.39, 0.29) is 24.5 Å². The summed E-state index contributed by atoms with van der Waals surface area (Å²) in [6, 6.07) is 0.124. The van der Waals surface area contributed by atoms with E-state index in [2.05, 4.69) is 0 Å². The molecule has 18 heavy (non-hydrogen) atoms. The van der Waals surface area contributed by atoms with Crippen molar-refractivity contribution in [2.75, 3.05) is 20.1 Å². The van der Waals surface area contributed by atoms with E-state index in [4.69, 9.17) is 5.11 Å². The predicted molar refractivity (Wildman–Crippen MR) is 69.5 cm³/mol. The topological polar surface area (TPSA) is 60.9 Å². The lowest BCUT2D eigenvalue weighted by Gasteiger charge is -2.31. The van der Waals surface area contributed by atoms with Crippen LogP contribution in [-0.2, 0) is 4.79 Å². The molecule has 0 heterocycles. The molecule has 0 aromatic heterocycles. The Kier molecular flexibility index (Phi) is 5.44. The van der Waals surface area contributed by atoms with Gasteiger partial charge in [0.25, 0.3) is 0 Å². The summed E-state index contributed by atoms with van der Waals surface area (Å²) in [4.78, 5) is 26.3. The molecule has 1 N–H and O–H groups in total. The van der Waals surface area contributed by atoms with Gasteiger partial charge in [-0.2, -0.15) is 0 Å². The van der Waals surface area contributed by atoms with E-state index in [9.17, 15) is 9.59 Å². The van der Waals surface area contributed by atoms with Crippen LogP contribution < -0.4 is 0 Å². The van der Waals surface area contributed by atoms with Gasteiger partial charge < -0.3 is 14.9 Å². The summed E-state index contributed by atoms with van der Waals surface area (Å²) in [5.74, 6) is -0.686. The Morgan fingerprint density at radius 3 is 2.28 bits per heavy atom. The van der Waals surface area contributed by atoms with E-state index in [1.54, 1.807) is 11.9 Å². The van der Waals surface area contributed by atoms with Crippen molar-refractivity contribution in [3.63, 3.8) is 0 Å². The molecule has 0 radical (unpaired) electrons. The first kappa shape index (κ1) is 14.8. The van der Waals surface area contributed by atoms with Crippen molar-refractivity contribution >= 4 is 12.0 Å². The van der Waals surface area contributed by atoms with Crippen molar-refractivity contribution in [1.82, 2.24) is 9.80 Å². The molecule has 5 heteroatoms. The fourth-order valence-corrected chi connectivity index (χ4v) is 2.49. The molecule has 2 amide bonds. The van der Waals surface area contributed by atoms with Crippen LogP contribution in [0.5, 0.6) is 0 Å². The third-order valence-corrected chi connectivity index (χ3v) is 3.36. The molecule has 1 fully saturated rings. The molecule has 0 aromatic carbocycles. The first-order chi connectivity index (χ1) is 8.41. The Balaban J connectivity index is 2.64. The van der Waals surface area contributed by atoms with Crippen LogP contribution in [-0.4, -0.2) is 53.1 Å². The minimum Gasteiger partial charge on any atom is -0.480 e. The Morgan fingerprint density at radius 2 is 1.83 bits per heavy atom. The number of carboxylic acids is 1. The average Bonchev–Trinajstić information content (AvgIpc) is 2.78. The highest BCUT2D eigenvalue weighted by atomic mass is 16.4. The van der Waals surface area contributed by atoms with E-state index in [1.807, 2.05) is 13.8 Å². The SMILES string of the molecule is CC(C)CN(CC(=O)O)C(=O)N(C)C1CCCC1. The van der Waals surface area contributed by atoms with Crippen LogP contribution in [0.2, 0.25) is 0 Å². The van der Waals surface area contributed by atoms with Gasteiger partial charge in [-0.05, 0) is 18.8 Å². The number of aliphatic carboxylic acids is 1. The lowest BCUT2D eigenvalue weighted by atomic mass is 10.2. The first-order valence-corrected chi connectivity index (χ1v) is 6.65. The normalized spacial score (nSPS) is 16.0. The second-order valence-electron chi connectivity index (χ2n) is 5.50. The summed E-state index contributed by atoms with van der Waals surface area (Å²) < 4.78 is 0. The zero-order chi connectivity index (χ0) is 13.7. The number of amides is 2. The molecule has 0 aliphatic heterocycles. The number of carboxylic acid groups (broad SMARTS) is 1. The van der Waals surface area contributed by atoms with Gasteiger partial charge in [0, 0.05) is 19.6 Å². The summed E-state index contributed by atoms with van der Waals surface area (Å²) in [6.45, 7) is 4.24. The number of hydrogen-bond acceptors (Lipinski definition) is 2. The number of carbonyl (C=O) groups excluding carboxylic acids is 1. The number of urea groups is 1. The first-order valence-electron chi connectivity index (χ1n) is 6.65. The van der Waals surface area contributed by atoms with Crippen LogP contribution in [0.1, 0.15) is 39.5 Å². The molecule has 0 saturated heterocycles. The summed E-state index contributed by atoms with van der Waals surface area (Å²) in [5, 5.41) is 8.88. The van der Waals surface area contributed by atoms with Crippen molar-refractivity contribution in [2.45, 2.75) is 45.6 Å². The molecular weight excluding hydrogens is 232 g/mol. The third kappa shape index (κ3) is 4.20. The maximum absolute atomic E-state index is 12.3. The Hall–Kier alpha value is -1.26. The Labute approximate surface area is 109 Å². The fraction of sp³-hybridized carbons (Fsp3) is 0.846. The van der Waals surface area contributed by atoms with Crippen molar-refractivity contribution in [3.05, 3.63) is 0 Å². The van der Waals surface area contributed by atoms with E-state index < -0.39 is 5.97 Å². The smallest absolute Gasteiger partial charge is 0.323 e. The van der Waals surface area contributed by atoms with Gasteiger partial charge in [0.05, 0.1) is 0 Å². The van der Waals surface area contributed by atoms with Gasteiger partial charge in [-0.1, -0.05) is 26.7 Å². The van der Waals surface area contributed by atoms with E-state index in [0.29, 0.717) is 6.54 Å². The zero-order valence-corrected chi connectivity index (χ0v) is 11.6. The summed E-state index contributed by atoms with van der Waals surface area (Å²) in [7, 11) is 1.79. The zero-order valence-electron chi connectivity index (χ0n) is 11.6. The van der Waals surface area contributed by atoms with Crippen LogP contribution >= 0.6 is 0 Å². The molecule has 1 aliphatic carbocycles. The van der Waals surface area contributed by atoms with Gasteiger partial charge in [-0.25, -0.2) is 4.79 Å². The van der Waals surface area contributed by atoms with Crippen LogP contribution in [0.15, 0.2) is 0 Å². The highest BCUT2D eigenvalue weighted by Gasteiger charge is 2.28. The Bertz CT molecular complexity index is 299. The standard InChI is InChI=1S/C13H24N2O3/c1-10(2)8-15(9-12(16)17)13(18)14(3)11-6-4-5-7-11/h10-11H,4-9H2,1-3H3,(H,16,17). The predicted octanol–water partition coefficient (Wildman–Crippen LogP) is 2.02. The van der Waals surface area contributed by atoms with E-state index >= 15 is 0 Å². The molecule has 0 bridgehead atoms. The molecule has 1 aliphatic rings. The second-order valence-corrected chi connectivity index (χ2v) is 5.50. The second kappa shape index (κ2) is 6.61. The average molecular weight is 256 g/mol. The van der Waals surface area contributed by atoms with Crippen molar-refractivity contribution in [3.8, 4) is 0 Å². The summed E-state index contributed by atoms with van der Waals surface area (Å²) in [5.41, 5.74) is 0. The minimum atomic E-state index is -0.955. The lowest BCUT2D eigenvalue weighted by Crippen LogP contribution is -2.48. The quantitative estimate of drug-likeness (QED) is 0.818. The van der Waals surface area contributed by atoms with Crippen LogP contribution in [0.3, 0.4) is 0 Å². The minimum absolute atomic E-state index is 0.155. The molecule has 0 aromatic rings. The highest BCUT2D eigenvalue weighted by molar-refractivity contribution is 5.80. The lowest BCUT2D eigenvalue weighted by molar-refractivity contribution is -0.137. The van der Waals surface area contributed by atoms with Crippen LogP contribution in [0.25, 0.3) is 0 Å². The van der Waals surface area contributed by atoms with E-state index in [0.717, 1.165) is 25.7 Å². The van der Waals surface area contributed by atoms with Crippen molar-refractivity contribution in [1.29, 1.82) is 0 Å². The summed E-state index contributed by atoms with van der Waals surface area (Å²) >= 11 is 0. The molecule has 0 unspecified atom stereocenters. The number of rotatable bonds is 5. The monoisotopic (exact) mass is 256 g/mol. The van der Waals surface area contributed by atoms with Crippen molar-refractivity contribution in [2.24, 2.45) is 5.92 Å².